The molecule has 0 radical (unpaired) electrons. The average Bonchev–Trinajstić information content (AvgIpc) is 2.93. The van der Waals surface area contributed by atoms with Gasteiger partial charge < -0.3 is 4.74 Å². The summed E-state index contributed by atoms with van der Waals surface area (Å²) in [4.78, 5) is 21.3. The molecule has 0 saturated heterocycles. The lowest BCUT2D eigenvalue weighted by atomic mass is 10.1. The monoisotopic (exact) mass is 401 g/mol. The predicted molar refractivity (Wildman–Crippen MR) is 107 cm³/mol. The zero-order chi connectivity index (χ0) is 19.4. The van der Waals surface area contributed by atoms with Crippen molar-refractivity contribution in [2.24, 2.45) is 0 Å². The van der Waals surface area contributed by atoms with E-state index in [9.17, 15) is 4.79 Å². The number of carbonyl (C=O) groups is 1. The summed E-state index contributed by atoms with van der Waals surface area (Å²) < 4.78 is 7.34. The van der Waals surface area contributed by atoms with Crippen LogP contribution in [0.3, 0.4) is 0 Å². The molecule has 0 aliphatic carbocycles. The maximum atomic E-state index is 11.6. The Morgan fingerprint density at radius 2 is 2.00 bits per heavy atom. The number of carbonyl (C=O) groups excluding carboxylic acids is 1. The number of halogens is 1. The Hall–Kier alpha value is -2.31. The van der Waals surface area contributed by atoms with Gasteiger partial charge in [0.15, 0.2) is 0 Å². The van der Waals surface area contributed by atoms with Gasteiger partial charge in [0.2, 0.25) is 0 Å². The van der Waals surface area contributed by atoms with Crippen molar-refractivity contribution in [1.29, 1.82) is 0 Å². The molecule has 0 saturated carbocycles. The van der Waals surface area contributed by atoms with E-state index in [4.69, 9.17) is 16.3 Å². The van der Waals surface area contributed by atoms with Crippen molar-refractivity contribution in [2.45, 2.75) is 43.2 Å². The van der Waals surface area contributed by atoms with Gasteiger partial charge in [0.05, 0.1) is 12.2 Å². The number of nitrogens with zero attached hydrogens (tertiary/aromatic N) is 3. The third-order valence-electron chi connectivity index (χ3n) is 3.79. The number of ether oxygens (including phenoxy) is 1. The van der Waals surface area contributed by atoms with Crippen LogP contribution in [0.25, 0.3) is 0 Å². The summed E-state index contributed by atoms with van der Waals surface area (Å²) in [5.74, 6) is -0.231. The number of benzene rings is 1. The molecule has 3 aromatic rings. The Bertz CT molecular complexity index is 942. The SMILES string of the molecule is CC(=O)Oc1nc(C(C)C)c(Sc2cccc(Cl)c2)n1Cc1ccncc1. The second kappa shape index (κ2) is 8.59. The lowest BCUT2D eigenvalue weighted by Gasteiger charge is -2.13. The molecule has 0 aliphatic rings. The van der Waals surface area contributed by atoms with E-state index >= 15 is 0 Å². The van der Waals surface area contributed by atoms with Crippen LogP contribution in [0.15, 0.2) is 58.7 Å². The third kappa shape index (κ3) is 4.90. The fourth-order valence-corrected chi connectivity index (χ4v) is 4.03. The maximum absolute atomic E-state index is 11.6. The molecule has 2 heterocycles. The molecular weight excluding hydrogens is 382 g/mol. The Kier molecular flexibility index (Phi) is 6.19. The van der Waals surface area contributed by atoms with Gasteiger partial charge in [-0.05, 0) is 41.8 Å². The van der Waals surface area contributed by atoms with Crippen LogP contribution in [0, 0.1) is 0 Å². The minimum absolute atomic E-state index is 0.166. The molecule has 27 heavy (non-hydrogen) atoms. The van der Waals surface area contributed by atoms with E-state index in [-0.39, 0.29) is 5.92 Å². The van der Waals surface area contributed by atoms with Gasteiger partial charge >= 0.3 is 12.0 Å². The molecule has 2 aromatic heterocycles. The lowest BCUT2D eigenvalue weighted by Crippen LogP contribution is -2.10. The largest absolute Gasteiger partial charge is 0.392 e. The first kappa shape index (κ1) is 19.5. The van der Waals surface area contributed by atoms with Crippen LogP contribution < -0.4 is 4.74 Å². The minimum Gasteiger partial charge on any atom is -0.392 e. The molecule has 0 amide bonds. The number of imidazole rings is 1. The number of esters is 1. The molecule has 0 fully saturated rings. The highest BCUT2D eigenvalue weighted by Crippen LogP contribution is 2.38. The second-order valence-electron chi connectivity index (χ2n) is 6.33. The van der Waals surface area contributed by atoms with E-state index in [1.54, 1.807) is 24.2 Å². The zero-order valence-electron chi connectivity index (χ0n) is 15.3. The molecule has 0 aliphatic heterocycles. The minimum atomic E-state index is -0.398. The first-order valence-electron chi connectivity index (χ1n) is 8.55. The van der Waals surface area contributed by atoms with E-state index in [1.807, 2.05) is 41.0 Å². The fourth-order valence-electron chi connectivity index (χ4n) is 2.58. The molecule has 7 heteroatoms. The van der Waals surface area contributed by atoms with Gasteiger partial charge in [0.1, 0.15) is 5.03 Å². The summed E-state index contributed by atoms with van der Waals surface area (Å²) in [7, 11) is 0. The quantitative estimate of drug-likeness (QED) is 0.532. The Labute approximate surface area is 167 Å². The smallest absolute Gasteiger partial charge is 0.310 e. The van der Waals surface area contributed by atoms with Gasteiger partial charge in [-0.25, -0.2) is 0 Å². The predicted octanol–water partition coefficient (Wildman–Crippen LogP) is 5.18. The van der Waals surface area contributed by atoms with Crippen LogP contribution >= 0.6 is 23.4 Å². The van der Waals surface area contributed by atoms with Crippen LogP contribution in [0.5, 0.6) is 6.01 Å². The van der Waals surface area contributed by atoms with E-state index in [0.717, 1.165) is 21.2 Å². The van der Waals surface area contributed by atoms with Gasteiger partial charge in [-0.15, -0.1) is 0 Å². The molecule has 140 valence electrons. The summed E-state index contributed by atoms with van der Waals surface area (Å²) >= 11 is 7.70. The fraction of sp³-hybridized carbons (Fsp3) is 0.250. The summed E-state index contributed by atoms with van der Waals surface area (Å²) in [6.07, 6.45) is 3.48. The standard InChI is InChI=1S/C20H20ClN3O2S/c1-13(2)18-19(27-17-6-4-5-16(21)11-17)24(20(23-18)26-14(3)25)12-15-7-9-22-10-8-15/h4-11,13H,12H2,1-3H3. The molecule has 1 aromatic carbocycles. The number of hydrogen-bond acceptors (Lipinski definition) is 5. The van der Waals surface area contributed by atoms with Gasteiger partial charge in [-0.3, -0.25) is 14.3 Å². The van der Waals surface area contributed by atoms with E-state index < -0.39 is 5.97 Å². The van der Waals surface area contributed by atoms with Crippen LogP contribution in [0.1, 0.15) is 37.9 Å². The van der Waals surface area contributed by atoms with Crippen LogP contribution in [-0.2, 0) is 11.3 Å². The van der Waals surface area contributed by atoms with Crippen LogP contribution in [0.4, 0.5) is 0 Å². The van der Waals surface area contributed by atoms with Crippen molar-refractivity contribution in [1.82, 2.24) is 14.5 Å². The molecule has 0 N–H and O–H groups in total. The third-order valence-corrected chi connectivity index (χ3v) is 5.14. The number of hydrogen-bond donors (Lipinski definition) is 0. The van der Waals surface area contributed by atoms with Crippen molar-refractivity contribution in [3.63, 3.8) is 0 Å². The average molecular weight is 402 g/mol. The second-order valence-corrected chi connectivity index (χ2v) is 7.83. The van der Waals surface area contributed by atoms with Gasteiger partial charge in [-0.1, -0.05) is 43.3 Å². The summed E-state index contributed by atoms with van der Waals surface area (Å²) in [6, 6.07) is 11.8. The Balaban J connectivity index is 2.09. The lowest BCUT2D eigenvalue weighted by molar-refractivity contribution is -0.132. The number of rotatable bonds is 6. The summed E-state index contributed by atoms with van der Waals surface area (Å²) in [5.41, 5.74) is 1.92. The molecule has 0 atom stereocenters. The van der Waals surface area contributed by atoms with Gasteiger partial charge in [-0.2, -0.15) is 4.98 Å². The molecule has 0 spiro atoms. The first-order chi connectivity index (χ1) is 12.9. The highest BCUT2D eigenvalue weighted by Gasteiger charge is 2.23. The van der Waals surface area contributed by atoms with Crippen molar-refractivity contribution in [2.75, 3.05) is 0 Å². The van der Waals surface area contributed by atoms with E-state index in [1.165, 1.54) is 6.92 Å². The number of pyridine rings is 1. The first-order valence-corrected chi connectivity index (χ1v) is 9.74. The zero-order valence-corrected chi connectivity index (χ0v) is 16.9. The van der Waals surface area contributed by atoms with Gasteiger partial charge in [0, 0.05) is 29.2 Å². The van der Waals surface area contributed by atoms with Crippen molar-refractivity contribution >= 4 is 29.3 Å². The topological polar surface area (TPSA) is 57.0 Å². The summed E-state index contributed by atoms with van der Waals surface area (Å²) in [5, 5.41) is 1.60. The molecule has 3 rings (SSSR count). The summed E-state index contributed by atoms with van der Waals surface area (Å²) in [6.45, 7) is 6.04. The maximum Gasteiger partial charge on any atom is 0.310 e. The highest BCUT2D eigenvalue weighted by molar-refractivity contribution is 7.99. The molecular formula is C20H20ClN3O2S. The Morgan fingerprint density at radius 1 is 1.26 bits per heavy atom. The molecule has 0 unspecified atom stereocenters. The van der Waals surface area contributed by atoms with E-state index in [2.05, 4.69) is 23.8 Å². The van der Waals surface area contributed by atoms with Crippen LogP contribution in [0.2, 0.25) is 5.02 Å². The number of aromatic nitrogens is 3. The highest BCUT2D eigenvalue weighted by atomic mass is 35.5. The van der Waals surface area contributed by atoms with Gasteiger partial charge in [0.25, 0.3) is 0 Å². The van der Waals surface area contributed by atoms with Crippen molar-refractivity contribution in [3.8, 4) is 6.01 Å². The normalized spacial score (nSPS) is 11.0. The molecule has 5 nitrogen and oxygen atoms in total. The Morgan fingerprint density at radius 3 is 2.63 bits per heavy atom. The van der Waals surface area contributed by atoms with Crippen molar-refractivity contribution < 1.29 is 9.53 Å². The van der Waals surface area contributed by atoms with E-state index in [0.29, 0.717) is 17.6 Å². The van der Waals surface area contributed by atoms with Crippen molar-refractivity contribution in [3.05, 3.63) is 65.1 Å². The van der Waals surface area contributed by atoms with Crippen LogP contribution in [-0.4, -0.2) is 20.5 Å². The molecule has 0 bridgehead atoms.